The summed E-state index contributed by atoms with van der Waals surface area (Å²) in [5.74, 6) is 0.308. The molecule has 7 nitrogen and oxygen atoms in total. The summed E-state index contributed by atoms with van der Waals surface area (Å²) in [6.07, 6.45) is 0. The van der Waals surface area contributed by atoms with Gasteiger partial charge in [-0.1, -0.05) is 69.0 Å². The maximum atomic E-state index is 9.49. The number of rotatable bonds is 6. The minimum atomic E-state index is -0.165. The molecule has 2 aromatic carbocycles. The van der Waals surface area contributed by atoms with E-state index in [1.807, 2.05) is 27.7 Å². The third-order valence-corrected chi connectivity index (χ3v) is 6.75. The van der Waals surface area contributed by atoms with Crippen molar-refractivity contribution >= 4 is 58.0 Å². The first-order chi connectivity index (χ1) is 17.1. The van der Waals surface area contributed by atoms with Crippen molar-refractivity contribution in [3.63, 3.8) is 0 Å². The lowest BCUT2D eigenvalue weighted by Crippen LogP contribution is -2.08. The summed E-state index contributed by atoms with van der Waals surface area (Å²) in [5, 5.41) is 28.0. The standard InChI is InChI=1S/C12H12Cl3N3.C12H13Cl2N3O/c1-7(2)18-10(6-13)12(16-17-18)11-8(14)4-3-5-9(11)15;1-7(2)17-10(6-18)12(15-16-17)11-8(13)4-3-5-9(11)14/h3-5,7H,6H2,1-2H3;3-5,7,18H,6H2,1-2H3. The minimum absolute atomic E-state index is 0.106. The molecule has 0 fully saturated rings. The van der Waals surface area contributed by atoms with E-state index in [-0.39, 0.29) is 18.7 Å². The normalized spacial score (nSPS) is 11.2. The van der Waals surface area contributed by atoms with Crippen molar-refractivity contribution < 1.29 is 5.11 Å². The van der Waals surface area contributed by atoms with E-state index in [9.17, 15) is 5.11 Å². The molecular weight excluding hydrogens is 566 g/mol. The first kappa shape index (κ1) is 28.7. The number of aromatic nitrogens is 6. The number of benzene rings is 2. The molecule has 0 spiro atoms. The molecule has 2 heterocycles. The quantitative estimate of drug-likeness (QED) is 0.231. The second-order valence-corrected chi connectivity index (χ2v) is 10.2. The summed E-state index contributed by atoms with van der Waals surface area (Å²) >= 11 is 30.6. The maximum Gasteiger partial charge on any atom is 0.121 e. The number of alkyl halides is 1. The summed E-state index contributed by atoms with van der Waals surface area (Å²) in [5.41, 5.74) is 3.90. The molecule has 0 aliphatic rings. The number of hydrogen-bond donors (Lipinski definition) is 1. The Morgan fingerprint density at radius 2 is 1.06 bits per heavy atom. The molecule has 0 amide bonds. The van der Waals surface area contributed by atoms with Gasteiger partial charge in [-0.3, -0.25) is 0 Å². The van der Waals surface area contributed by atoms with Crippen LogP contribution >= 0.6 is 58.0 Å². The molecule has 36 heavy (non-hydrogen) atoms. The number of hydrogen-bond acceptors (Lipinski definition) is 5. The van der Waals surface area contributed by atoms with Crippen LogP contribution in [0.15, 0.2) is 36.4 Å². The highest BCUT2D eigenvalue weighted by Crippen LogP contribution is 2.37. The number of halogens is 5. The van der Waals surface area contributed by atoms with Crippen LogP contribution in [0.1, 0.15) is 51.2 Å². The van der Waals surface area contributed by atoms with Crippen molar-refractivity contribution in [2.75, 3.05) is 0 Å². The van der Waals surface area contributed by atoms with E-state index in [4.69, 9.17) is 58.0 Å². The summed E-state index contributed by atoms with van der Waals surface area (Å²) in [6, 6.07) is 10.9. The van der Waals surface area contributed by atoms with Gasteiger partial charge in [-0.05, 0) is 52.0 Å². The van der Waals surface area contributed by atoms with Gasteiger partial charge in [0.15, 0.2) is 0 Å². The molecule has 0 saturated carbocycles. The second kappa shape index (κ2) is 12.6. The molecule has 0 saturated heterocycles. The molecule has 192 valence electrons. The van der Waals surface area contributed by atoms with Crippen LogP contribution in [-0.2, 0) is 12.5 Å². The van der Waals surface area contributed by atoms with Gasteiger partial charge in [-0.25, -0.2) is 9.36 Å². The average molecular weight is 591 g/mol. The monoisotopic (exact) mass is 588 g/mol. The predicted molar refractivity (Wildman–Crippen MR) is 147 cm³/mol. The van der Waals surface area contributed by atoms with Crippen LogP contribution in [0.25, 0.3) is 22.5 Å². The highest BCUT2D eigenvalue weighted by molar-refractivity contribution is 6.39. The van der Waals surface area contributed by atoms with E-state index >= 15 is 0 Å². The Bertz CT molecular complexity index is 1190. The largest absolute Gasteiger partial charge is 0.390 e. The molecule has 0 radical (unpaired) electrons. The smallest absolute Gasteiger partial charge is 0.121 e. The third kappa shape index (κ3) is 5.98. The van der Waals surface area contributed by atoms with Crippen molar-refractivity contribution in [3.8, 4) is 22.5 Å². The van der Waals surface area contributed by atoms with Gasteiger partial charge in [0, 0.05) is 23.2 Å². The topological polar surface area (TPSA) is 81.7 Å². The fourth-order valence-electron chi connectivity index (χ4n) is 3.56. The first-order valence-electron chi connectivity index (χ1n) is 11.1. The highest BCUT2D eigenvalue weighted by atomic mass is 35.5. The minimum Gasteiger partial charge on any atom is -0.390 e. The van der Waals surface area contributed by atoms with E-state index < -0.39 is 0 Å². The van der Waals surface area contributed by atoms with E-state index in [2.05, 4.69) is 20.6 Å². The maximum absolute atomic E-state index is 9.49. The number of aliphatic hydroxyl groups is 1. The molecule has 12 heteroatoms. The summed E-state index contributed by atoms with van der Waals surface area (Å²) in [4.78, 5) is 0. The number of nitrogens with zero attached hydrogens (tertiary/aromatic N) is 6. The van der Waals surface area contributed by atoms with E-state index in [0.29, 0.717) is 54.2 Å². The van der Waals surface area contributed by atoms with Crippen LogP contribution < -0.4 is 0 Å². The van der Waals surface area contributed by atoms with Gasteiger partial charge < -0.3 is 5.11 Å². The average Bonchev–Trinajstić information content (AvgIpc) is 3.44. The molecule has 4 aromatic rings. The van der Waals surface area contributed by atoms with Crippen LogP contribution in [0.5, 0.6) is 0 Å². The molecule has 0 aliphatic carbocycles. The lowest BCUT2D eigenvalue weighted by atomic mass is 10.1. The fraction of sp³-hybridized carbons (Fsp3) is 0.333. The molecule has 0 aliphatic heterocycles. The van der Waals surface area contributed by atoms with Gasteiger partial charge in [0.2, 0.25) is 0 Å². The van der Waals surface area contributed by atoms with Gasteiger partial charge in [0.25, 0.3) is 0 Å². The van der Waals surface area contributed by atoms with Gasteiger partial charge in [-0.15, -0.1) is 21.8 Å². The summed E-state index contributed by atoms with van der Waals surface area (Å²) in [6.45, 7) is 7.80. The summed E-state index contributed by atoms with van der Waals surface area (Å²) in [7, 11) is 0. The van der Waals surface area contributed by atoms with Crippen molar-refractivity contribution in [1.82, 2.24) is 30.0 Å². The molecule has 0 bridgehead atoms. The zero-order chi connectivity index (χ0) is 26.6. The van der Waals surface area contributed by atoms with Crippen LogP contribution in [0.3, 0.4) is 0 Å². The van der Waals surface area contributed by atoms with E-state index in [0.717, 1.165) is 5.69 Å². The molecule has 0 atom stereocenters. The van der Waals surface area contributed by atoms with Crippen LogP contribution in [0, 0.1) is 0 Å². The Morgan fingerprint density at radius 1 is 0.694 bits per heavy atom. The molecular formula is C24H25Cl5N6O. The lowest BCUT2D eigenvalue weighted by Gasteiger charge is -2.10. The Balaban J connectivity index is 0.000000201. The fourth-order valence-corrected chi connectivity index (χ4v) is 4.97. The van der Waals surface area contributed by atoms with Crippen LogP contribution in [0.2, 0.25) is 20.1 Å². The first-order valence-corrected chi connectivity index (χ1v) is 13.1. The third-order valence-electron chi connectivity index (χ3n) is 5.24. The van der Waals surface area contributed by atoms with Gasteiger partial charge in [-0.2, -0.15) is 0 Å². The zero-order valence-electron chi connectivity index (χ0n) is 20.1. The SMILES string of the molecule is CC(C)n1nnc(-c2c(Cl)cccc2Cl)c1CCl.CC(C)n1nnc(-c2c(Cl)cccc2Cl)c1CO. The Morgan fingerprint density at radius 3 is 1.39 bits per heavy atom. The Labute approximate surface area is 234 Å². The van der Waals surface area contributed by atoms with Crippen molar-refractivity contribution in [2.24, 2.45) is 0 Å². The van der Waals surface area contributed by atoms with Crippen molar-refractivity contribution in [2.45, 2.75) is 52.3 Å². The van der Waals surface area contributed by atoms with E-state index in [1.165, 1.54) is 0 Å². The zero-order valence-corrected chi connectivity index (χ0v) is 23.8. The van der Waals surface area contributed by atoms with Crippen LogP contribution in [-0.4, -0.2) is 35.1 Å². The van der Waals surface area contributed by atoms with Gasteiger partial charge >= 0.3 is 0 Å². The van der Waals surface area contributed by atoms with E-state index in [1.54, 1.807) is 45.8 Å². The second-order valence-electron chi connectivity index (χ2n) is 8.33. The Hall–Kier alpha value is -1.87. The molecule has 4 rings (SSSR count). The summed E-state index contributed by atoms with van der Waals surface area (Å²) < 4.78 is 3.44. The van der Waals surface area contributed by atoms with Crippen LogP contribution in [0.4, 0.5) is 0 Å². The van der Waals surface area contributed by atoms with Crippen molar-refractivity contribution in [1.29, 1.82) is 0 Å². The predicted octanol–water partition coefficient (Wildman–Crippen LogP) is 7.90. The number of aliphatic hydroxyl groups excluding tert-OH is 1. The van der Waals surface area contributed by atoms with Crippen molar-refractivity contribution in [3.05, 3.63) is 67.9 Å². The molecule has 1 N–H and O–H groups in total. The van der Waals surface area contributed by atoms with Gasteiger partial charge in [0.1, 0.15) is 11.4 Å². The lowest BCUT2D eigenvalue weighted by molar-refractivity contribution is 0.264. The Kier molecular flexibility index (Phi) is 10.0. The van der Waals surface area contributed by atoms with Gasteiger partial charge in [0.05, 0.1) is 44.0 Å². The molecule has 0 unspecified atom stereocenters. The highest BCUT2D eigenvalue weighted by Gasteiger charge is 2.21. The molecule has 2 aromatic heterocycles.